The summed E-state index contributed by atoms with van der Waals surface area (Å²) in [5, 5.41) is 0. The van der Waals surface area contributed by atoms with Gasteiger partial charge in [0.25, 0.3) is 0 Å². The van der Waals surface area contributed by atoms with Crippen molar-refractivity contribution in [3.63, 3.8) is 0 Å². The number of nitrogens with two attached hydrogens (primary N) is 1. The van der Waals surface area contributed by atoms with Crippen molar-refractivity contribution in [3.8, 4) is 11.6 Å². The third-order valence-electron chi connectivity index (χ3n) is 3.09. The molecule has 0 aliphatic carbocycles. The van der Waals surface area contributed by atoms with Gasteiger partial charge in [-0.1, -0.05) is 32.9 Å². The normalized spacial score (nSPS) is 11.5. The number of nitrogens with zero attached hydrogens (tertiary/aromatic N) is 2. The van der Waals surface area contributed by atoms with Crippen LogP contribution in [0.25, 0.3) is 0 Å². The lowest BCUT2D eigenvalue weighted by Gasteiger charge is -2.19. The van der Waals surface area contributed by atoms with Crippen molar-refractivity contribution < 1.29 is 4.74 Å². The smallest absolute Gasteiger partial charge is 0.227 e. The minimum atomic E-state index is -0.182. The molecule has 112 valence electrons. The van der Waals surface area contributed by atoms with E-state index in [2.05, 4.69) is 30.7 Å². The second-order valence-corrected chi connectivity index (χ2v) is 6.71. The highest BCUT2D eigenvalue weighted by atomic mass is 32.2. The molecular weight excluding hydrogens is 282 g/mol. The summed E-state index contributed by atoms with van der Waals surface area (Å²) >= 11 is 1.63. The van der Waals surface area contributed by atoms with Crippen molar-refractivity contribution in [1.29, 1.82) is 0 Å². The molecule has 0 bridgehead atoms. The molecule has 2 aromatic rings. The number of ether oxygens (including phenoxy) is 1. The number of anilines is 1. The lowest BCUT2D eigenvalue weighted by molar-refractivity contribution is 0.434. The largest absolute Gasteiger partial charge is 0.437 e. The molecule has 0 atom stereocenters. The second kappa shape index (κ2) is 5.93. The number of hydrogen-bond acceptors (Lipinski definition) is 5. The molecule has 0 aliphatic rings. The van der Waals surface area contributed by atoms with Gasteiger partial charge in [-0.15, -0.1) is 11.8 Å². The molecular formula is C16H21N3OS. The highest BCUT2D eigenvalue weighted by Crippen LogP contribution is 2.34. The fraction of sp³-hybridized carbons (Fsp3) is 0.375. The van der Waals surface area contributed by atoms with E-state index < -0.39 is 0 Å². The van der Waals surface area contributed by atoms with Crippen LogP contribution in [-0.2, 0) is 5.41 Å². The zero-order valence-electron chi connectivity index (χ0n) is 13.1. The molecule has 5 heteroatoms. The summed E-state index contributed by atoms with van der Waals surface area (Å²) in [7, 11) is 0. The van der Waals surface area contributed by atoms with Crippen LogP contribution >= 0.6 is 11.8 Å². The number of benzene rings is 1. The van der Waals surface area contributed by atoms with Gasteiger partial charge in [0.1, 0.15) is 17.4 Å². The summed E-state index contributed by atoms with van der Waals surface area (Å²) in [6.07, 6.45) is 2.02. The van der Waals surface area contributed by atoms with Crippen LogP contribution in [0.3, 0.4) is 0 Å². The minimum absolute atomic E-state index is 0.182. The van der Waals surface area contributed by atoms with Gasteiger partial charge in [-0.3, -0.25) is 0 Å². The van der Waals surface area contributed by atoms with Crippen LogP contribution in [0.1, 0.15) is 32.2 Å². The topological polar surface area (TPSA) is 61.0 Å². The van der Waals surface area contributed by atoms with Crippen LogP contribution in [0.5, 0.6) is 11.6 Å². The van der Waals surface area contributed by atoms with E-state index in [0.717, 1.165) is 16.2 Å². The highest BCUT2D eigenvalue weighted by Gasteiger charge is 2.21. The molecule has 1 aromatic heterocycles. The van der Waals surface area contributed by atoms with Crippen molar-refractivity contribution in [2.24, 2.45) is 0 Å². The van der Waals surface area contributed by atoms with Gasteiger partial charge in [0.05, 0.1) is 5.56 Å². The number of nitrogen functional groups attached to an aromatic ring is 1. The SMILES string of the molecule is CSc1ccccc1Oc1nc(C(C)(C)C)nc(N)c1C. The number of thioether (sulfide) groups is 1. The van der Waals surface area contributed by atoms with Crippen LogP contribution in [0.2, 0.25) is 0 Å². The van der Waals surface area contributed by atoms with E-state index in [-0.39, 0.29) is 5.41 Å². The predicted molar refractivity (Wildman–Crippen MR) is 88.2 cm³/mol. The summed E-state index contributed by atoms with van der Waals surface area (Å²) < 4.78 is 6.00. The molecule has 4 nitrogen and oxygen atoms in total. The van der Waals surface area contributed by atoms with E-state index in [0.29, 0.717) is 17.5 Å². The average Bonchev–Trinajstić information content (AvgIpc) is 2.43. The second-order valence-electron chi connectivity index (χ2n) is 5.87. The highest BCUT2D eigenvalue weighted by molar-refractivity contribution is 7.98. The van der Waals surface area contributed by atoms with Gasteiger partial charge in [0.15, 0.2) is 0 Å². The van der Waals surface area contributed by atoms with E-state index in [9.17, 15) is 0 Å². The van der Waals surface area contributed by atoms with Crippen LogP contribution in [0.15, 0.2) is 29.2 Å². The standard InChI is InChI=1S/C16H21N3OS/c1-10-13(17)18-15(16(2,3)4)19-14(10)20-11-8-6-7-9-12(11)21-5/h6-9H,1-5H3,(H2,17,18,19). The summed E-state index contributed by atoms with van der Waals surface area (Å²) in [5.74, 6) is 2.45. The molecule has 0 amide bonds. The van der Waals surface area contributed by atoms with E-state index in [4.69, 9.17) is 10.5 Å². The number of para-hydroxylation sites is 1. The maximum atomic E-state index is 6.01. The Morgan fingerprint density at radius 3 is 2.43 bits per heavy atom. The number of aromatic nitrogens is 2. The first-order chi connectivity index (χ1) is 9.82. The van der Waals surface area contributed by atoms with Crippen LogP contribution in [-0.4, -0.2) is 16.2 Å². The monoisotopic (exact) mass is 303 g/mol. The van der Waals surface area contributed by atoms with Crippen molar-refractivity contribution in [2.75, 3.05) is 12.0 Å². The van der Waals surface area contributed by atoms with Gasteiger partial charge in [0.2, 0.25) is 5.88 Å². The Morgan fingerprint density at radius 2 is 1.81 bits per heavy atom. The van der Waals surface area contributed by atoms with Gasteiger partial charge in [0, 0.05) is 10.3 Å². The molecule has 1 heterocycles. The van der Waals surface area contributed by atoms with Gasteiger partial charge in [-0.05, 0) is 25.3 Å². The molecule has 2 N–H and O–H groups in total. The quantitative estimate of drug-likeness (QED) is 0.862. The summed E-state index contributed by atoms with van der Waals surface area (Å²) in [6.45, 7) is 8.03. The lowest BCUT2D eigenvalue weighted by Crippen LogP contribution is -2.18. The minimum Gasteiger partial charge on any atom is -0.437 e. The van der Waals surface area contributed by atoms with E-state index in [1.54, 1.807) is 11.8 Å². The van der Waals surface area contributed by atoms with Gasteiger partial charge < -0.3 is 10.5 Å². The molecule has 0 aliphatic heterocycles. The van der Waals surface area contributed by atoms with Crippen LogP contribution in [0, 0.1) is 6.92 Å². The van der Waals surface area contributed by atoms with Gasteiger partial charge >= 0.3 is 0 Å². The van der Waals surface area contributed by atoms with Gasteiger partial charge in [-0.25, -0.2) is 4.98 Å². The zero-order chi connectivity index (χ0) is 15.6. The van der Waals surface area contributed by atoms with E-state index >= 15 is 0 Å². The summed E-state index contributed by atoms with van der Waals surface area (Å²) in [5.41, 5.74) is 6.59. The van der Waals surface area contributed by atoms with Crippen molar-refractivity contribution in [2.45, 2.75) is 38.0 Å². The Morgan fingerprint density at radius 1 is 1.14 bits per heavy atom. The molecule has 1 aromatic carbocycles. The Kier molecular flexibility index (Phi) is 4.42. The number of rotatable bonds is 3. The lowest BCUT2D eigenvalue weighted by atomic mass is 9.95. The molecule has 0 saturated heterocycles. The molecule has 2 rings (SSSR count). The predicted octanol–water partition coefficient (Wildman–Crippen LogP) is 4.18. The number of hydrogen-bond donors (Lipinski definition) is 1. The summed E-state index contributed by atoms with van der Waals surface area (Å²) in [4.78, 5) is 9.98. The Bertz CT molecular complexity index is 650. The third-order valence-corrected chi connectivity index (χ3v) is 3.86. The van der Waals surface area contributed by atoms with Crippen molar-refractivity contribution >= 4 is 17.6 Å². The maximum Gasteiger partial charge on any atom is 0.227 e. The van der Waals surface area contributed by atoms with E-state index in [1.807, 2.05) is 37.4 Å². The first kappa shape index (κ1) is 15.6. The van der Waals surface area contributed by atoms with Crippen molar-refractivity contribution in [1.82, 2.24) is 9.97 Å². The Balaban J connectivity index is 2.46. The molecule has 0 spiro atoms. The Labute approximate surface area is 130 Å². The molecule has 21 heavy (non-hydrogen) atoms. The fourth-order valence-corrected chi connectivity index (χ4v) is 2.28. The molecule has 0 unspecified atom stereocenters. The molecule has 0 radical (unpaired) electrons. The first-order valence-electron chi connectivity index (χ1n) is 6.78. The molecule has 0 fully saturated rings. The van der Waals surface area contributed by atoms with Crippen LogP contribution < -0.4 is 10.5 Å². The Hall–Kier alpha value is -1.75. The zero-order valence-corrected chi connectivity index (χ0v) is 13.9. The van der Waals surface area contributed by atoms with Crippen LogP contribution in [0.4, 0.5) is 5.82 Å². The van der Waals surface area contributed by atoms with E-state index in [1.165, 1.54) is 0 Å². The van der Waals surface area contributed by atoms with Crippen molar-refractivity contribution in [3.05, 3.63) is 35.7 Å². The summed E-state index contributed by atoms with van der Waals surface area (Å²) in [6, 6.07) is 7.88. The average molecular weight is 303 g/mol. The fourth-order valence-electron chi connectivity index (χ4n) is 1.75. The van der Waals surface area contributed by atoms with Gasteiger partial charge in [-0.2, -0.15) is 4.98 Å². The first-order valence-corrected chi connectivity index (χ1v) is 8.01. The molecule has 0 saturated carbocycles. The maximum absolute atomic E-state index is 6.01. The third kappa shape index (κ3) is 3.47.